The van der Waals surface area contributed by atoms with Gasteiger partial charge in [0.15, 0.2) is 5.60 Å². The van der Waals surface area contributed by atoms with Crippen LogP contribution in [0, 0.1) is 0 Å². The Hall–Kier alpha value is -2.12. The summed E-state index contributed by atoms with van der Waals surface area (Å²) < 4.78 is 0. The first-order valence-electron chi connectivity index (χ1n) is 9.49. The number of halogens is 2. The molecule has 2 aliphatic heterocycles. The number of likely N-dealkylation sites (tertiary alicyclic amines) is 1. The van der Waals surface area contributed by atoms with Crippen molar-refractivity contribution in [3.63, 3.8) is 0 Å². The summed E-state index contributed by atoms with van der Waals surface area (Å²) in [5, 5.41) is 12.0. The van der Waals surface area contributed by atoms with E-state index in [4.69, 9.17) is 28.9 Å². The second-order valence-electron chi connectivity index (χ2n) is 7.41. The molecule has 1 saturated heterocycles. The van der Waals surface area contributed by atoms with Crippen LogP contribution in [0.4, 0.5) is 5.69 Å². The molecule has 1 atom stereocenters. The number of nitrogens with two attached hydrogens (primary N) is 1. The molecule has 0 saturated carbocycles. The quantitative estimate of drug-likeness (QED) is 0.758. The molecule has 2 heterocycles. The van der Waals surface area contributed by atoms with E-state index in [1.165, 1.54) is 17.0 Å². The molecular formula is C21H21Cl2N3O3. The van der Waals surface area contributed by atoms with Gasteiger partial charge < -0.3 is 20.6 Å². The van der Waals surface area contributed by atoms with Crippen molar-refractivity contribution in [3.05, 3.63) is 63.1 Å². The minimum Gasteiger partial charge on any atom is -0.372 e. The van der Waals surface area contributed by atoms with Gasteiger partial charge >= 0.3 is 0 Å². The first-order valence-corrected chi connectivity index (χ1v) is 10.2. The van der Waals surface area contributed by atoms with Crippen LogP contribution in [-0.2, 0) is 10.4 Å². The average Bonchev–Trinajstić information content (AvgIpc) is 3.27. The molecule has 2 aliphatic rings. The van der Waals surface area contributed by atoms with E-state index < -0.39 is 17.4 Å². The Bertz CT molecular complexity index is 991. The maximum atomic E-state index is 13.5. The van der Waals surface area contributed by atoms with Crippen molar-refractivity contribution >= 4 is 40.7 Å². The molecule has 4 rings (SSSR count). The van der Waals surface area contributed by atoms with Crippen molar-refractivity contribution in [2.75, 3.05) is 31.1 Å². The number of amides is 2. The van der Waals surface area contributed by atoms with Crippen LogP contribution < -0.4 is 10.6 Å². The Balaban J connectivity index is 1.84. The zero-order valence-electron chi connectivity index (χ0n) is 15.7. The van der Waals surface area contributed by atoms with Gasteiger partial charge in [0.2, 0.25) is 5.91 Å². The summed E-state index contributed by atoms with van der Waals surface area (Å²) in [6.07, 6.45) is 2.26. The first-order chi connectivity index (χ1) is 13.8. The normalized spacial score (nSPS) is 21.6. The molecule has 0 radical (unpaired) electrons. The summed E-state index contributed by atoms with van der Waals surface area (Å²) in [5.41, 5.74) is 4.45. The molecule has 2 aromatic carbocycles. The lowest BCUT2D eigenvalue weighted by molar-refractivity contribution is -0.132. The van der Waals surface area contributed by atoms with E-state index in [9.17, 15) is 14.7 Å². The lowest BCUT2D eigenvalue weighted by Gasteiger charge is -2.26. The van der Waals surface area contributed by atoms with Gasteiger partial charge in [0.05, 0.1) is 10.7 Å². The predicted octanol–water partition coefficient (Wildman–Crippen LogP) is 2.77. The van der Waals surface area contributed by atoms with Crippen molar-refractivity contribution in [1.82, 2.24) is 4.90 Å². The minimum atomic E-state index is -2.04. The van der Waals surface area contributed by atoms with Crippen LogP contribution in [0.15, 0.2) is 36.4 Å². The summed E-state index contributed by atoms with van der Waals surface area (Å²) in [4.78, 5) is 29.0. The van der Waals surface area contributed by atoms with Gasteiger partial charge in [-0.1, -0.05) is 41.4 Å². The predicted molar refractivity (Wildman–Crippen MR) is 112 cm³/mol. The lowest BCUT2D eigenvalue weighted by Crippen LogP contribution is -2.44. The van der Waals surface area contributed by atoms with E-state index in [1.807, 2.05) is 0 Å². The molecule has 0 aromatic heterocycles. The number of hydrogen-bond acceptors (Lipinski definition) is 4. The van der Waals surface area contributed by atoms with Crippen LogP contribution in [-0.4, -0.2) is 48.0 Å². The summed E-state index contributed by atoms with van der Waals surface area (Å²) in [6, 6.07) is 9.53. The molecule has 3 N–H and O–H groups in total. The third-order valence-corrected chi connectivity index (χ3v) is 6.29. The Morgan fingerprint density at radius 1 is 1.10 bits per heavy atom. The molecule has 2 amide bonds. The Morgan fingerprint density at radius 2 is 1.79 bits per heavy atom. The monoisotopic (exact) mass is 433 g/mol. The van der Waals surface area contributed by atoms with Gasteiger partial charge in [-0.3, -0.25) is 9.59 Å². The van der Waals surface area contributed by atoms with E-state index in [1.54, 1.807) is 24.3 Å². The standard InChI is InChI=1S/C21H21Cl2N3O3/c22-15-6-2-1-5-14(15)21(29)18-16(23)11-13(19(24)27)12-17(18)26(20(21)28)10-9-25-7-3-4-8-25/h1-2,5-6,11-12,29H,3-4,7-10H2,(H2,24,27). The maximum Gasteiger partial charge on any atom is 0.268 e. The number of carbonyl (C=O) groups is 2. The van der Waals surface area contributed by atoms with E-state index >= 15 is 0 Å². The largest absolute Gasteiger partial charge is 0.372 e. The highest BCUT2D eigenvalue weighted by atomic mass is 35.5. The molecule has 1 unspecified atom stereocenters. The summed E-state index contributed by atoms with van der Waals surface area (Å²) >= 11 is 12.8. The van der Waals surface area contributed by atoms with E-state index in [-0.39, 0.29) is 26.7 Å². The molecule has 0 spiro atoms. The number of aliphatic hydroxyl groups is 1. The fourth-order valence-electron chi connectivity index (χ4n) is 4.19. The minimum absolute atomic E-state index is 0.0933. The summed E-state index contributed by atoms with van der Waals surface area (Å²) in [5.74, 6) is -1.20. The van der Waals surface area contributed by atoms with Gasteiger partial charge in [-0.15, -0.1) is 0 Å². The fraction of sp³-hybridized carbons (Fsp3) is 0.333. The number of rotatable bonds is 5. The van der Waals surface area contributed by atoms with E-state index in [0.717, 1.165) is 25.9 Å². The fourth-order valence-corrected chi connectivity index (χ4v) is 4.81. The molecule has 0 bridgehead atoms. The molecular weight excluding hydrogens is 413 g/mol. The molecule has 29 heavy (non-hydrogen) atoms. The molecule has 152 valence electrons. The maximum absolute atomic E-state index is 13.5. The van der Waals surface area contributed by atoms with Gasteiger partial charge in [-0.2, -0.15) is 0 Å². The van der Waals surface area contributed by atoms with E-state index in [0.29, 0.717) is 18.8 Å². The lowest BCUT2D eigenvalue weighted by atomic mass is 9.87. The van der Waals surface area contributed by atoms with Gasteiger partial charge in [0.25, 0.3) is 5.91 Å². The first kappa shape index (κ1) is 20.2. The van der Waals surface area contributed by atoms with Crippen LogP contribution >= 0.6 is 23.2 Å². The highest BCUT2D eigenvalue weighted by Crippen LogP contribution is 2.49. The van der Waals surface area contributed by atoms with Crippen LogP contribution in [0.2, 0.25) is 10.0 Å². The molecule has 8 heteroatoms. The Labute approximate surface area is 178 Å². The number of nitrogens with zero attached hydrogens (tertiary/aromatic N) is 2. The number of primary amides is 1. The molecule has 6 nitrogen and oxygen atoms in total. The number of fused-ring (bicyclic) bond motifs is 1. The van der Waals surface area contributed by atoms with Crippen molar-refractivity contribution in [1.29, 1.82) is 0 Å². The van der Waals surface area contributed by atoms with Gasteiger partial charge in [0, 0.05) is 34.8 Å². The number of hydrogen-bond donors (Lipinski definition) is 2. The van der Waals surface area contributed by atoms with Crippen molar-refractivity contribution in [2.45, 2.75) is 18.4 Å². The topological polar surface area (TPSA) is 86.9 Å². The zero-order valence-corrected chi connectivity index (χ0v) is 17.2. The summed E-state index contributed by atoms with van der Waals surface area (Å²) in [7, 11) is 0. The SMILES string of the molecule is NC(=O)c1cc(Cl)c2c(c1)N(CCN1CCCC1)C(=O)C2(O)c1ccccc1Cl. The second-order valence-corrected chi connectivity index (χ2v) is 8.23. The number of anilines is 1. The molecule has 1 fully saturated rings. The van der Waals surface area contributed by atoms with E-state index in [2.05, 4.69) is 4.90 Å². The van der Waals surface area contributed by atoms with Crippen LogP contribution in [0.1, 0.15) is 34.3 Å². The third-order valence-electron chi connectivity index (χ3n) is 5.66. The van der Waals surface area contributed by atoms with Crippen molar-refractivity contribution in [3.8, 4) is 0 Å². The average molecular weight is 434 g/mol. The zero-order chi connectivity index (χ0) is 20.8. The van der Waals surface area contributed by atoms with Crippen LogP contribution in [0.5, 0.6) is 0 Å². The Kier molecular flexibility index (Phi) is 5.29. The van der Waals surface area contributed by atoms with Crippen LogP contribution in [0.3, 0.4) is 0 Å². The van der Waals surface area contributed by atoms with Crippen molar-refractivity contribution < 1.29 is 14.7 Å². The van der Waals surface area contributed by atoms with Crippen molar-refractivity contribution in [2.24, 2.45) is 5.73 Å². The molecule has 0 aliphatic carbocycles. The van der Waals surface area contributed by atoms with Crippen LogP contribution in [0.25, 0.3) is 0 Å². The van der Waals surface area contributed by atoms with Gasteiger partial charge in [-0.25, -0.2) is 0 Å². The smallest absolute Gasteiger partial charge is 0.268 e. The number of carbonyl (C=O) groups excluding carboxylic acids is 2. The molecule has 2 aromatic rings. The Morgan fingerprint density at radius 3 is 2.45 bits per heavy atom. The number of benzene rings is 2. The highest BCUT2D eigenvalue weighted by molar-refractivity contribution is 6.35. The highest BCUT2D eigenvalue weighted by Gasteiger charge is 2.53. The van der Waals surface area contributed by atoms with Gasteiger partial charge in [-0.05, 0) is 44.1 Å². The summed E-state index contributed by atoms with van der Waals surface area (Å²) in [6.45, 7) is 2.97. The van der Waals surface area contributed by atoms with Gasteiger partial charge in [0.1, 0.15) is 0 Å². The second kappa shape index (κ2) is 7.61. The third kappa shape index (κ3) is 3.30.